The summed E-state index contributed by atoms with van der Waals surface area (Å²) in [7, 11) is -1.12. The fourth-order valence-electron chi connectivity index (χ4n) is 2.32. The van der Waals surface area contributed by atoms with Crippen LogP contribution in [0.3, 0.4) is 0 Å². The summed E-state index contributed by atoms with van der Waals surface area (Å²) in [5, 5.41) is 10.5. The monoisotopic (exact) mass is 302 g/mol. The van der Waals surface area contributed by atoms with E-state index in [0.717, 1.165) is 44.9 Å². The van der Waals surface area contributed by atoms with Crippen molar-refractivity contribution in [3.05, 3.63) is 0 Å². The molecule has 20 heavy (non-hydrogen) atoms. The van der Waals surface area contributed by atoms with E-state index in [4.69, 9.17) is 4.74 Å². The van der Waals surface area contributed by atoms with E-state index in [1.807, 2.05) is 0 Å². The van der Waals surface area contributed by atoms with Crippen LogP contribution in [-0.4, -0.2) is 50.1 Å². The van der Waals surface area contributed by atoms with E-state index in [9.17, 15) is 9.90 Å². The lowest BCUT2D eigenvalue weighted by molar-refractivity contribution is 0.00798. The number of hydrogen-bond donors (Lipinski definition) is 2. The van der Waals surface area contributed by atoms with E-state index in [1.54, 1.807) is 0 Å². The standard InChI is InChI=1S/C14H30N2O3Si/c1-20(2,3)12-9-15-16(14(17)18)10-6-8-13-7-4-5-11-19-13/h13,15H,4-12H2,1-3H3,(H,17,18). The van der Waals surface area contributed by atoms with Crippen molar-refractivity contribution < 1.29 is 14.6 Å². The van der Waals surface area contributed by atoms with Gasteiger partial charge in [0.2, 0.25) is 0 Å². The van der Waals surface area contributed by atoms with E-state index in [0.29, 0.717) is 12.6 Å². The molecular formula is C14H30N2O3Si. The molecule has 1 saturated heterocycles. The zero-order valence-electron chi connectivity index (χ0n) is 13.2. The number of carbonyl (C=O) groups is 1. The van der Waals surface area contributed by atoms with E-state index in [1.165, 1.54) is 11.4 Å². The van der Waals surface area contributed by atoms with Crippen molar-refractivity contribution >= 4 is 14.2 Å². The molecule has 2 N–H and O–H groups in total. The summed E-state index contributed by atoms with van der Waals surface area (Å²) in [5.74, 6) is 0. The number of ether oxygens (including phenoxy) is 1. The second kappa shape index (κ2) is 8.64. The second-order valence-corrected chi connectivity index (χ2v) is 12.4. The Kier molecular flexibility index (Phi) is 7.54. The van der Waals surface area contributed by atoms with Gasteiger partial charge in [-0.05, 0) is 38.1 Å². The van der Waals surface area contributed by atoms with Crippen molar-refractivity contribution in [1.82, 2.24) is 10.4 Å². The lowest BCUT2D eigenvalue weighted by atomic mass is 10.0. The molecule has 1 unspecified atom stereocenters. The van der Waals surface area contributed by atoms with Crippen LogP contribution in [0.2, 0.25) is 25.7 Å². The molecule has 0 aromatic heterocycles. The van der Waals surface area contributed by atoms with Gasteiger partial charge in [-0.25, -0.2) is 15.2 Å². The highest BCUT2D eigenvalue weighted by molar-refractivity contribution is 6.76. The lowest BCUT2D eigenvalue weighted by Gasteiger charge is -2.25. The summed E-state index contributed by atoms with van der Waals surface area (Å²) in [5.41, 5.74) is 3.04. The van der Waals surface area contributed by atoms with Gasteiger partial charge < -0.3 is 9.84 Å². The number of amides is 1. The molecule has 0 aromatic rings. The first-order chi connectivity index (χ1) is 9.38. The van der Waals surface area contributed by atoms with Crippen LogP contribution < -0.4 is 5.43 Å². The Morgan fingerprint density at radius 1 is 1.40 bits per heavy atom. The third kappa shape index (κ3) is 7.87. The molecule has 1 aliphatic heterocycles. The first-order valence-electron chi connectivity index (χ1n) is 7.74. The van der Waals surface area contributed by atoms with Gasteiger partial charge in [0.1, 0.15) is 0 Å². The summed E-state index contributed by atoms with van der Waals surface area (Å²) < 4.78 is 5.67. The molecule has 1 heterocycles. The molecule has 118 valence electrons. The Labute approximate surface area is 123 Å². The van der Waals surface area contributed by atoms with Crippen LogP contribution in [-0.2, 0) is 4.74 Å². The van der Waals surface area contributed by atoms with Gasteiger partial charge in [-0.1, -0.05) is 19.6 Å². The fourth-order valence-corrected chi connectivity index (χ4v) is 3.18. The molecule has 0 saturated carbocycles. The minimum Gasteiger partial charge on any atom is -0.464 e. The second-order valence-electron chi connectivity index (χ2n) is 6.78. The maximum Gasteiger partial charge on any atom is 0.421 e. The van der Waals surface area contributed by atoms with Crippen molar-refractivity contribution in [1.29, 1.82) is 0 Å². The van der Waals surface area contributed by atoms with Crippen LogP contribution >= 0.6 is 0 Å². The van der Waals surface area contributed by atoms with Gasteiger partial charge in [0.25, 0.3) is 0 Å². The van der Waals surface area contributed by atoms with Crippen LogP contribution in [0.15, 0.2) is 0 Å². The highest BCUT2D eigenvalue weighted by Gasteiger charge is 2.17. The number of carboxylic acid groups (broad SMARTS) is 1. The lowest BCUT2D eigenvalue weighted by Crippen LogP contribution is -2.44. The molecule has 0 radical (unpaired) electrons. The van der Waals surface area contributed by atoms with Gasteiger partial charge in [0, 0.05) is 27.8 Å². The molecule has 0 bridgehead atoms. The zero-order chi connectivity index (χ0) is 15.0. The first-order valence-corrected chi connectivity index (χ1v) is 11.4. The molecule has 5 nitrogen and oxygen atoms in total. The summed E-state index contributed by atoms with van der Waals surface area (Å²) in [6, 6.07) is 1.09. The molecule has 1 amide bonds. The minimum absolute atomic E-state index is 0.335. The quantitative estimate of drug-likeness (QED) is 0.534. The first kappa shape index (κ1) is 17.5. The van der Waals surface area contributed by atoms with Crippen LogP contribution in [0.5, 0.6) is 0 Å². The van der Waals surface area contributed by atoms with Gasteiger partial charge in [-0.2, -0.15) is 0 Å². The molecule has 0 aromatic carbocycles. The fraction of sp³-hybridized carbons (Fsp3) is 0.929. The van der Waals surface area contributed by atoms with Crippen molar-refractivity contribution in [2.45, 2.75) is 63.9 Å². The van der Waals surface area contributed by atoms with Gasteiger partial charge in [-0.3, -0.25) is 0 Å². The zero-order valence-corrected chi connectivity index (χ0v) is 14.2. The Balaban J connectivity index is 2.19. The van der Waals surface area contributed by atoms with Crippen LogP contribution in [0.4, 0.5) is 4.79 Å². The molecule has 6 heteroatoms. The van der Waals surface area contributed by atoms with Crippen LogP contribution in [0, 0.1) is 0 Å². The van der Waals surface area contributed by atoms with Gasteiger partial charge in [0.15, 0.2) is 0 Å². The summed E-state index contributed by atoms with van der Waals surface area (Å²) in [6.07, 6.45) is 4.79. The van der Waals surface area contributed by atoms with E-state index in [-0.39, 0.29) is 0 Å². The van der Waals surface area contributed by atoms with Gasteiger partial charge >= 0.3 is 6.09 Å². The largest absolute Gasteiger partial charge is 0.464 e. The van der Waals surface area contributed by atoms with Crippen LogP contribution in [0.1, 0.15) is 32.1 Å². The Morgan fingerprint density at radius 2 is 2.15 bits per heavy atom. The molecule has 0 aliphatic carbocycles. The minimum atomic E-state index is -1.12. The van der Waals surface area contributed by atoms with Crippen molar-refractivity contribution in [2.24, 2.45) is 0 Å². The number of hydrogen-bond acceptors (Lipinski definition) is 3. The SMILES string of the molecule is C[Si](C)(C)CCNN(CCCC1CCCCO1)C(=O)O. The predicted molar refractivity (Wildman–Crippen MR) is 83.7 cm³/mol. The molecule has 1 rings (SSSR count). The molecule has 1 atom stereocenters. The molecule has 1 aliphatic rings. The maximum absolute atomic E-state index is 11.2. The van der Waals surface area contributed by atoms with E-state index in [2.05, 4.69) is 25.1 Å². The third-order valence-electron chi connectivity index (χ3n) is 3.59. The van der Waals surface area contributed by atoms with Gasteiger partial charge in [0.05, 0.1) is 6.10 Å². The predicted octanol–water partition coefficient (Wildman–Crippen LogP) is 3.16. The topological polar surface area (TPSA) is 61.8 Å². The van der Waals surface area contributed by atoms with Crippen LogP contribution in [0.25, 0.3) is 0 Å². The van der Waals surface area contributed by atoms with E-state index >= 15 is 0 Å². The average Bonchev–Trinajstić information content (AvgIpc) is 2.36. The Hall–Kier alpha value is -0.593. The number of nitrogens with one attached hydrogen (secondary N) is 1. The van der Waals surface area contributed by atoms with Crippen molar-refractivity contribution in [3.8, 4) is 0 Å². The third-order valence-corrected chi connectivity index (χ3v) is 5.34. The smallest absolute Gasteiger partial charge is 0.421 e. The molecule has 1 fully saturated rings. The summed E-state index contributed by atoms with van der Waals surface area (Å²) in [4.78, 5) is 11.2. The number of rotatable bonds is 8. The molecular weight excluding hydrogens is 272 g/mol. The highest BCUT2D eigenvalue weighted by atomic mass is 28.3. The number of nitrogens with zero attached hydrogens (tertiary/aromatic N) is 1. The highest BCUT2D eigenvalue weighted by Crippen LogP contribution is 2.17. The molecule has 0 spiro atoms. The van der Waals surface area contributed by atoms with Gasteiger partial charge in [-0.15, -0.1) is 0 Å². The average molecular weight is 302 g/mol. The van der Waals surface area contributed by atoms with E-state index < -0.39 is 14.2 Å². The number of hydrazine groups is 1. The van der Waals surface area contributed by atoms with Crippen molar-refractivity contribution in [3.63, 3.8) is 0 Å². The maximum atomic E-state index is 11.2. The summed E-state index contributed by atoms with van der Waals surface area (Å²) in [6.45, 7) is 9.03. The Bertz CT molecular complexity index is 289. The normalized spacial score (nSPS) is 19.9. The van der Waals surface area contributed by atoms with Crippen molar-refractivity contribution in [2.75, 3.05) is 19.7 Å². The summed E-state index contributed by atoms with van der Waals surface area (Å²) >= 11 is 0. The Morgan fingerprint density at radius 3 is 2.70 bits per heavy atom.